The van der Waals surface area contributed by atoms with Gasteiger partial charge in [-0.15, -0.1) is 0 Å². The molecule has 2 aliphatic rings. The van der Waals surface area contributed by atoms with Gasteiger partial charge in [0.05, 0.1) is 6.42 Å². The van der Waals surface area contributed by atoms with E-state index in [1.807, 2.05) is 50.5 Å². The van der Waals surface area contributed by atoms with Gasteiger partial charge in [-0.2, -0.15) is 0 Å². The number of benzene rings is 2. The van der Waals surface area contributed by atoms with Crippen LogP contribution in [0.3, 0.4) is 0 Å². The third-order valence-corrected chi connectivity index (χ3v) is 7.54. The van der Waals surface area contributed by atoms with Gasteiger partial charge in [-0.25, -0.2) is 4.79 Å². The molecule has 1 atom stereocenters. The van der Waals surface area contributed by atoms with Gasteiger partial charge in [-0.1, -0.05) is 48.5 Å². The summed E-state index contributed by atoms with van der Waals surface area (Å²) in [6.45, 7) is 3.27. The average molecular weight is 480 g/mol. The number of alkyl carbamates (subject to hydrolysis) is 1. The molecule has 35 heavy (non-hydrogen) atoms. The van der Waals surface area contributed by atoms with Crippen molar-refractivity contribution in [3.63, 3.8) is 0 Å². The Bertz CT molecular complexity index is 1060. The number of hydrogen-bond donors (Lipinski definition) is 2. The Morgan fingerprint density at radius 3 is 2.11 bits per heavy atom. The summed E-state index contributed by atoms with van der Waals surface area (Å²) in [4.78, 5) is 41.0. The maximum absolute atomic E-state index is 13.1. The van der Waals surface area contributed by atoms with Crippen molar-refractivity contribution in [2.45, 2.75) is 43.7 Å². The highest BCUT2D eigenvalue weighted by atomic mass is 16.5. The molecule has 186 valence electrons. The molecule has 0 aromatic heterocycles. The van der Waals surface area contributed by atoms with E-state index in [9.17, 15) is 19.5 Å². The molecule has 8 nitrogen and oxygen atoms in total. The van der Waals surface area contributed by atoms with E-state index in [1.54, 1.807) is 4.90 Å². The van der Waals surface area contributed by atoms with E-state index in [0.717, 1.165) is 35.1 Å². The number of ether oxygens (including phenoxy) is 1. The van der Waals surface area contributed by atoms with Crippen LogP contribution in [0.4, 0.5) is 4.79 Å². The molecule has 1 heterocycles. The van der Waals surface area contributed by atoms with Crippen LogP contribution in [0.5, 0.6) is 0 Å². The van der Waals surface area contributed by atoms with Crippen LogP contribution in [-0.2, 0) is 14.3 Å². The normalized spacial score (nSPS) is 17.4. The lowest BCUT2D eigenvalue weighted by atomic mass is 9.88. The fourth-order valence-corrected chi connectivity index (χ4v) is 5.03. The van der Waals surface area contributed by atoms with Crippen LogP contribution in [0, 0.1) is 0 Å². The zero-order valence-electron chi connectivity index (χ0n) is 20.5. The molecule has 1 unspecified atom stereocenters. The summed E-state index contributed by atoms with van der Waals surface area (Å²) in [6.07, 6.45) is 0.263. The molecule has 2 N–H and O–H groups in total. The number of carboxylic acids is 1. The zero-order chi connectivity index (χ0) is 25.2. The number of carbonyl (C=O) groups excluding carboxylic acids is 2. The van der Waals surface area contributed by atoms with Gasteiger partial charge in [-0.05, 0) is 56.1 Å². The molecule has 0 saturated carbocycles. The number of nitrogens with zero attached hydrogens (tertiary/aromatic N) is 2. The van der Waals surface area contributed by atoms with Crippen LogP contribution in [0.2, 0.25) is 0 Å². The number of carbonyl (C=O) groups is 3. The number of rotatable bonds is 7. The molecule has 1 aliphatic heterocycles. The molecule has 0 spiro atoms. The summed E-state index contributed by atoms with van der Waals surface area (Å²) in [7, 11) is 4.03. The molecule has 0 bridgehead atoms. The van der Waals surface area contributed by atoms with E-state index in [2.05, 4.69) is 29.3 Å². The molecule has 0 radical (unpaired) electrons. The lowest BCUT2D eigenvalue weighted by Crippen LogP contribution is -2.56. The smallest absolute Gasteiger partial charge is 0.407 e. The maximum atomic E-state index is 13.1. The van der Waals surface area contributed by atoms with Crippen molar-refractivity contribution in [2.75, 3.05) is 33.8 Å². The van der Waals surface area contributed by atoms with Crippen molar-refractivity contribution in [3.05, 3.63) is 59.7 Å². The predicted molar refractivity (Wildman–Crippen MR) is 132 cm³/mol. The van der Waals surface area contributed by atoms with Gasteiger partial charge in [0.25, 0.3) is 0 Å². The number of carboxylic acid groups (broad SMARTS) is 1. The first-order valence-corrected chi connectivity index (χ1v) is 12.0. The van der Waals surface area contributed by atoms with Gasteiger partial charge in [-0.3, -0.25) is 9.59 Å². The van der Waals surface area contributed by atoms with E-state index >= 15 is 0 Å². The largest absolute Gasteiger partial charge is 0.481 e. The maximum Gasteiger partial charge on any atom is 0.407 e. The molecule has 1 aliphatic carbocycles. The first kappa shape index (κ1) is 24.7. The second-order valence-corrected chi connectivity index (χ2v) is 9.84. The van der Waals surface area contributed by atoms with Gasteiger partial charge in [0.15, 0.2) is 0 Å². The Labute approximate surface area is 205 Å². The highest BCUT2D eigenvalue weighted by Gasteiger charge is 2.37. The first-order chi connectivity index (χ1) is 16.7. The summed E-state index contributed by atoms with van der Waals surface area (Å²) in [5.74, 6) is -1.66. The van der Waals surface area contributed by atoms with Gasteiger partial charge >= 0.3 is 12.1 Å². The van der Waals surface area contributed by atoms with Crippen molar-refractivity contribution in [3.8, 4) is 11.1 Å². The number of likely N-dealkylation sites (tertiary alicyclic amines) is 1. The number of fused-ring (bicyclic) bond motifs is 3. The van der Waals surface area contributed by atoms with E-state index in [-0.39, 0.29) is 24.0 Å². The highest BCUT2D eigenvalue weighted by Crippen LogP contribution is 2.44. The van der Waals surface area contributed by atoms with Gasteiger partial charge in [0, 0.05) is 24.5 Å². The molecule has 1 fully saturated rings. The van der Waals surface area contributed by atoms with E-state index in [0.29, 0.717) is 13.1 Å². The predicted octanol–water partition coefficient (Wildman–Crippen LogP) is 3.31. The Morgan fingerprint density at radius 2 is 1.60 bits per heavy atom. The SMILES string of the molecule is CN(C)C1(C)CCN(C(=O)C(CC(=O)O)NC(=O)OCC2c3ccccc3-c3ccccc32)CC1. The molecule has 4 rings (SSSR count). The summed E-state index contributed by atoms with van der Waals surface area (Å²) >= 11 is 0. The van der Waals surface area contributed by atoms with Gasteiger partial charge in [0.2, 0.25) is 5.91 Å². The van der Waals surface area contributed by atoms with E-state index in [1.165, 1.54) is 0 Å². The molecular weight excluding hydrogens is 446 g/mol. The third-order valence-electron chi connectivity index (χ3n) is 7.54. The summed E-state index contributed by atoms with van der Waals surface area (Å²) in [5, 5.41) is 11.9. The fourth-order valence-electron chi connectivity index (χ4n) is 5.03. The molecule has 2 amide bonds. The quantitative estimate of drug-likeness (QED) is 0.632. The van der Waals surface area contributed by atoms with Gasteiger partial charge in [0.1, 0.15) is 12.6 Å². The summed E-state index contributed by atoms with van der Waals surface area (Å²) in [5.41, 5.74) is 4.38. The molecule has 8 heteroatoms. The van der Waals surface area contributed by atoms with Crippen molar-refractivity contribution < 1.29 is 24.2 Å². The van der Waals surface area contributed by atoms with Crippen LogP contribution in [0.15, 0.2) is 48.5 Å². The lowest BCUT2D eigenvalue weighted by molar-refractivity contribution is -0.143. The minimum Gasteiger partial charge on any atom is -0.481 e. The number of amides is 2. The topological polar surface area (TPSA) is 99.2 Å². The lowest BCUT2D eigenvalue weighted by Gasteiger charge is -2.44. The Morgan fingerprint density at radius 1 is 1.06 bits per heavy atom. The Balaban J connectivity index is 1.40. The fraction of sp³-hybridized carbons (Fsp3) is 0.444. The Hall–Kier alpha value is -3.39. The molecule has 2 aromatic carbocycles. The number of nitrogens with one attached hydrogen (secondary N) is 1. The second-order valence-electron chi connectivity index (χ2n) is 9.84. The van der Waals surface area contributed by atoms with Crippen LogP contribution >= 0.6 is 0 Å². The molecule has 1 saturated heterocycles. The summed E-state index contributed by atoms with van der Waals surface area (Å²) in [6, 6.07) is 14.9. The van der Waals surface area contributed by atoms with Gasteiger partial charge < -0.3 is 25.0 Å². The van der Waals surface area contributed by atoms with Crippen molar-refractivity contribution in [1.29, 1.82) is 0 Å². The first-order valence-electron chi connectivity index (χ1n) is 12.0. The molecule has 2 aromatic rings. The zero-order valence-corrected chi connectivity index (χ0v) is 20.5. The second kappa shape index (κ2) is 10.1. The number of hydrogen-bond acceptors (Lipinski definition) is 5. The van der Waals surface area contributed by atoms with Crippen LogP contribution in [0.1, 0.15) is 43.2 Å². The van der Waals surface area contributed by atoms with Crippen molar-refractivity contribution in [1.82, 2.24) is 15.1 Å². The minimum absolute atomic E-state index is 0.0146. The van der Waals surface area contributed by atoms with Crippen LogP contribution in [-0.4, -0.2) is 78.2 Å². The van der Waals surface area contributed by atoms with E-state index < -0.39 is 24.5 Å². The highest BCUT2D eigenvalue weighted by molar-refractivity contribution is 5.89. The average Bonchev–Trinajstić information content (AvgIpc) is 3.16. The standard InChI is InChI=1S/C27H33N3O5/c1-27(29(2)3)12-14-30(15-13-27)25(33)23(16-24(31)32)28-26(34)35-17-22-20-10-6-4-8-18(20)19-9-5-7-11-21(19)22/h4-11,22-23H,12-17H2,1-3H3,(H,28,34)(H,31,32). The van der Waals surface area contributed by atoms with Crippen molar-refractivity contribution >= 4 is 18.0 Å². The van der Waals surface area contributed by atoms with Crippen LogP contribution in [0.25, 0.3) is 11.1 Å². The van der Waals surface area contributed by atoms with E-state index in [4.69, 9.17) is 4.74 Å². The minimum atomic E-state index is -1.17. The van der Waals surface area contributed by atoms with Crippen LogP contribution < -0.4 is 5.32 Å². The number of aliphatic carboxylic acids is 1. The number of piperidine rings is 1. The third kappa shape index (κ3) is 5.17. The molecular formula is C27H33N3O5. The Kier molecular flexibility index (Phi) is 7.12. The monoisotopic (exact) mass is 479 g/mol. The summed E-state index contributed by atoms with van der Waals surface area (Å²) < 4.78 is 5.53. The van der Waals surface area contributed by atoms with Crippen molar-refractivity contribution in [2.24, 2.45) is 0 Å².